The summed E-state index contributed by atoms with van der Waals surface area (Å²) in [5.74, 6) is 0. The lowest BCUT2D eigenvalue weighted by Crippen LogP contribution is -2.34. The number of amides is 2. The lowest BCUT2D eigenvalue weighted by atomic mass is 10.2. The predicted octanol–water partition coefficient (Wildman–Crippen LogP) is 2.85. The van der Waals surface area contributed by atoms with Crippen LogP contribution >= 0.6 is 24.0 Å². The molecule has 32 heavy (non-hydrogen) atoms. The summed E-state index contributed by atoms with van der Waals surface area (Å²) in [6.07, 6.45) is 0. The molecule has 4 rings (SSSR count). The van der Waals surface area contributed by atoms with Crippen LogP contribution in [0.15, 0.2) is 73.3 Å². The van der Waals surface area contributed by atoms with Gasteiger partial charge in [0.1, 0.15) is 4.21 Å². The smallest absolute Gasteiger partial charge is 0.307 e. The summed E-state index contributed by atoms with van der Waals surface area (Å²) in [5, 5.41) is 2.71. The number of sulfonamides is 1. The first-order chi connectivity index (χ1) is 15.1. The summed E-state index contributed by atoms with van der Waals surface area (Å²) in [5.41, 5.74) is -0.200. The average molecular weight is 489 g/mol. The Labute approximate surface area is 191 Å². The minimum Gasteiger partial charge on any atom is -0.307 e. The Kier molecular flexibility index (Phi) is 5.67. The molecular weight excluding hydrogens is 472 g/mol. The van der Waals surface area contributed by atoms with E-state index in [1.807, 2.05) is 4.72 Å². The number of nitrogens with zero attached hydrogens (tertiary/aromatic N) is 1. The molecule has 0 atom stereocenters. The Morgan fingerprint density at radius 3 is 2.44 bits per heavy atom. The van der Waals surface area contributed by atoms with Crippen molar-refractivity contribution in [1.82, 2.24) is 14.3 Å². The highest BCUT2D eigenvalue weighted by Crippen LogP contribution is 2.20. The molecule has 0 fully saturated rings. The molecule has 9 nitrogen and oxygen atoms in total. The Morgan fingerprint density at radius 2 is 1.78 bits per heavy atom. The summed E-state index contributed by atoms with van der Waals surface area (Å²) >= 11 is 5.27. The second kappa shape index (κ2) is 8.30. The first-order valence-electron chi connectivity index (χ1n) is 9.13. The number of anilines is 1. The van der Waals surface area contributed by atoms with Gasteiger partial charge in [0.05, 0.1) is 16.6 Å². The fourth-order valence-electron chi connectivity index (χ4n) is 3.02. The lowest BCUT2D eigenvalue weighted by Gasteiger charge is -2.10. The molecule has 0 aliphatic heterocycles. The fraction of sp³-hybridized carbons (Fsp3) is 0.0500. The van der Waals surface area contributed by atoms with Gasteiger partial charge in [-0.15, -0.1) is 24.0 Å². The molecule has 0 aliphatic rings. The van der Waals surface area contributed by atoms with Crippen molar-refractivity contribution in [3.63, 3.8) is 0 Å². The zero-order chi connectivity index (χ0) is 23.0. The van der Waals surface area contributed by atoms with Crippen molar-refractivity contribution in [1.29, 1.82) is 0 Å². The van der Waals surface area contributed by atoms with E-state index in [1.165, 1.54) is 30.3 Å². The molecule has 0 spiro atoms. The van der Waals surface area contributed by atoms with Crippen LogP contribution in [0.5, 0.6) is 0 Å². The summed E-state index contributed by atoms with van der Waals surface area (Å²) in [6.45, 7) is 1.76. The van der Waals surface area contributed by atoms with Gasteiger partial charge in [0.25, 0.3) is 15.6 Å². The van der Waals surface area contributed by atoms with Crippen molar-refractivity contribution in [2.75, 3.05) is 5.32 Å². The van der Waals surface area contributed by atoms with Gasteiger partial charge in [0, 0.05) is 15.5 Å². The number of carbonyl (C=O) groups excluding carboxylic acids is 1. The third-order valence-corrected chi connectivity index (χ3v) is 7.57. The van der Waals surface area contributed by atoms with Crippen LogP contribution in [-0.2, 0) is 10.0 Å². The van der Waals surface area contributed by atoms with Crippen molar-refractivity contribution in [3.8, 4) is 5.69 Å². The molecule has 4 aromatic rings. The monoisotopic (exact) mass is 488 g/mol. The van der Waals surface area contributed by atoms with Gasteiger partial charge in [0.15, 0.2) is 0 Å². The van der Waals surface area contributed by atoms with E-state index in [4.69, 9.17) is 0 Å². The summed E-state index contributed by atoms with van der Waals surface area (Å²) in [7, 11) is -3.99. The van der Waals surface area contributed by atoms with Crippen molar-refractivity contribution in [2.24, 2.45) is 0 Å². The second-order valence-corrected chi connectivity index (χ2v) is 10.5. The fourth-order valence-corrected chi connectivity index (χ4v) is 5.41. The average Bonchev–Trinajstić information content (AvgIpc) is 3.17. The number of nitrogens with one attached hydrogen (secondary N) is 3. The van der Waals surface area contributed by atoms with Gasteiger partial charge >= 0.3 is 11.7 Å². The highest BCUT2D eigenvalue weighted by molar-refractivity contribution is 7.92. The minimum absolute atomic E-state index is 0.0276. The van der Waals surface area contributed by atoms with Crippen molar-refractivity contribution in [3.05, 3.63) is 80.3 Å². The number of fused-ring (bicyclic) bond motifs is 1. The molecule has 3 N–H and O–H groups in total. The van der Waals surface area contributed by atoms with Gasteiger partial charge in [-0.1, -0.05) is 0 Å². The van der Waals surface area contributed by atoms with E-state index in [2.05, 4.69) is 22.9 Å². The van der Waals surface area contributed by atoms with E-state index in [0.29, 0.717) is 15.8 Å². The first kappa shape index (κ1) is 21.9. The lowest BCUT2D eigenvalue weighted by molar-refractivity contribution is 0.256. The van der Waals surface area contributed by atoms with Crippen molar-refractivity contribution >= 4 is 56.6 Å². The van der Waals surface area contributed by atoms with E-state index in [-0.39, 0.29) is 15.6 Å². The van der Waals surface area contributed by atoms with Crippen LogP contribution in [0.4, 0.5) is 10.5 Å². The van der Waals surface area contributed by atoms with Crippen molar-refractivity contribution < 1.29 is 13.2 Å². The molecule has 12 heteroatoms. The van der Waals surface area contributed by atoms with Crippen LogP contribution in [-0.4, -0.2) is 24.0 Å². The van der Waals surface area contributed by atoms with E-state index >= 15 is 0 Å². The molecule has 2 aromatic heterocycles. The van der Waals surface area contributed by atoms with E-state index in [1.54, 1.807) is 31.2 Å². The van der Waals surface area contributed by atoms with Crippen LogP contribution in [0, 0.1) is 6.92 Å². The van der Waals surface area contributed by atoms with E-state index in [9.17, 15) is 22.8 Å². The molecular formula is C20H16N4O5S3. The van der Waals surface area contributed by atoms with Crippen LogP contribution in [0.1, 0.15) is 4.88 Å². The molecule has 0 saturated carbocycles. The molecule has 2 amide bonds. The predicted molar refractivity (Wildman–Crippen MR) is 126 cm³/mol. The largest absolute Gasteiger partial charge is 0.333 e. The number of urea groups is 1. The van der Waals surface area contributed by atoms with Gasteiger partial charge in [-0.3, -0.25) is 4.79 Å². The maximum atomic E-state index is 12.8. The molecule has 0 unspecified atom stereocenters. The highest BCUT2D eigenvalue weighted by atomic mass is 32.2. The van der Waals surface area contributed by atoms with Crippen LogP contribution < -0.4 is 21.3 Å². The number of aryl methyl sites for hydroxylation is 1. The maximum Gasteiger partial charge on any atom is 0.333 e. The molecule has 0 saturated heterocycles. The normalized spacial score (nSPS) is 11.4. The van der Waals surface area contributed by atoms with Gasteiger partial charge in [-0.25, -0.2) is 27.3 Å². The second-order valence-electron chi connectivity index (χ2n) is 6.77. The van der Waals surface area contributed by atoms with E-state index < -0.39 is 27.3 Å². The quantitative estimate of drug-likeness (QED) is 0.328. The molecule has 0 bridgehead atoms. The molecule has 2 aromatic carbocycles. The minimum atomic E-state index is -3.99. The SMILES string of the molecule is Cc1ccc(S(=O)(=O)NC(=O)Nc2ccc(-n3c(=O)[nH]c4ccc(S)cc4c3=O)cc2)s1. The zero-order valence-electron chi connectivity index (χ0n) is 16.4. The maximum absolute atomic E-state index is 12.8. The third kappa shape index (κ3) is 4.33. The number of benzene rings is 2. The number of aromatic nitrogens is 2. The first-order valence-corrected chi connectivity index (χ1v) is 11.9. The number of thiol groups is 1. The van der Waals surface area contributed by atoms with Gasteiger partial charge < -0.3 is 10.3 Å². The number of rotatable bonds is 4. The van der Waals surface area contributed by atoms with Crippen LogP contribution in [0.25, 0.3) is 16.6 Å². The summed E-state index contributed by atoms with van der Waals surface area (Å²) in [6, 6.07) is 12.7. The summed E-state index contributed by atoms with van der Waals surface area (Å²) < 4.78 is 27.4. The van der Waals surface area contributed by atoms with Crippen molar-refractivity contribution in [2.45, 2.75) is 16.0 Å². The number of carbonyl (C=O) groups is 1. The molecule has 0 aliphatic carbocycles. The van der Waals surface area contributed by atoms with Gasteiger partial charge in [0.2, 0.25) is 0 Å². The van der Waals surface area contributed by atoms with Crippen LogP contribution in [0.3, 0.4) is 0 Å². The van der Waals surface area contributed by atoms with E-state index in [0.717, 1.165) is 20.8 Å². The number of thiophene rings is 1. The number of H-pyrrole nitrogens is 1. The Bertz CT molecular complexity index is 1570. The number of aromatic amines is 1. The molecule has 0 radical (unpaired) electrons. The highest BCUT2D eigenvalue weighted by Gasteiger charge is 2.19. The molecule has 164 valence electrons. The Hall–Kier alpha value is -3.35. The zero-order valence-corrected chi connectivity index (χ0v) is 19.0. The van der Waals surface area contributed by atoms with Crippen LogP contribution in [0.2, 0.25) is 0 Å². The Morgan fingerprint density at radius 1 is 1.06 bits per heavy atom. The number of hydrogen-bond acceptors (Lipinski definition) is 7. The summed E-state index contributed by atoms with van der Waals surface area (Å²) in [4.78, 5) is 41.4. The topological polar surface area (TPSA) is 130 Å². The number of hydrogen-bond donors (Lipinski definition) is 4. The standard InChI is InChI=1S/C20H16N4O5S3/c1-11-2-9-17(31-11)32(28,29)23-19(26)21-12-3-5-13(6-4-12)24-18(25)15-10-14(30)7-8-16(15)22-20(24)27/h2-10,30H,1H3,(H,22,27)(H2,21,23,26). The van der Waals surface area contributed by atoms with Gasteiger partial charge in [-0.2, -0.15) is 0 Å². The molecule has 2 heterocycles. The third-order valence-electron chi connectivity index (χ3n) is 4.47. The van der Waals surface area contributed by atoms with Gasteiger partial charge in [-0.05, 0) is 61.5 Å². The Balaban J connectivity index is 1.57.